The topological polar surface area (TPSA) is 260 Å². The number of amides is 5. The summed E-state index contributed by atoms with van der Waals surface area (Å²) in [6.07, 6.45) is 3.44. The highest BCUT2D eigenvalue weighted by Crippen LogP contribution is 2.30. The number of esters is 1. The molecule has 0 saturated carbocycles. The van der Waals surface area contributed by atoms with Crippen LogP contribution in [0.25, 0.3) is 0 Å². The molecule has 18 heteroatoms. The molecule has 436 valence electrons. The fraction of sp³-hybridized carbons (Fsp3) is 0.793. The molecule has 0 aromatic carbocycles. The summed E-state index contributed by atoms with van der Waals surface area (Å²) in [6.45, 7) is 28.1. The molecule has 0 saturated heterocycles. The molecule has 5 N–H and O–H groups in total. The number of carbonyl (C=O) groups excluding carboxylic acids is 10. The van der Waals surface area contributed by atoms with E-state index >= 15 is 0 Å². The number of ether oxygens (including phenoxy) is 1. The molecule has 0 aromatic rings. The third-order valence-corrected chi connectivity index (χ3v) is 14.2. The van der Waals surface area contributed by atoms with Gasteiger partial charge in [0, 0.05) is 72.2 Å². The number of likely N-dealkylation sites (N-methyl/N-ethyl adjacent to an activating group) is 3. The van der Waals surface area contributed by atoms with Crippen LogP contribution in [-0.2, 0) is 52.7 Å². The largest absolute Gasteiger partial charge is 0.461 e. The van der Waals surface area contributed by atoms with Crippen molar-refractivity contribution in [2.45, 2.75) is 217 Å². The highest BCUT2D eigenvalue weighted by atomic mass is 16.5. The van der Waals surface area contributed by atoms with E-state index in [9.17, 15) is 53.1 Å². The van der Waals surface area contributed by atoms with Gasteiger partial charge in [0.1, 0.15) is 12.1 Å². The van der Waals surface area contributed by atoms with Crippen molar-refractivity contribution in [1.82, 2.24) is 25.3 Å². The first-order chi connectivity index (χ1) is 35.2. The van der Waals surface area contributed by atoms with E-state index in [1.165, 1.54) is 42.6 Å². The second-order valence-electron chi connectivity index (χ2n) is 23.3. The number of Topliss-reactive ketones (excluding diaryl/α,β-unsaturated/α-hetero) is 4. The Kier molecular flexibility index (Phi) is 32.6. The van der Waals surface area contributed by atoms with E-state index in [0.29, 0.717) is 12.8 Å². The Morgan fingerprint density at radius 3 is 1.58 bits per heavy atom. The summed E-state index contributed by atoms with van der Waals surface area (Å²) in [5.74, 6) is -8.96. The molecule has 0 aliphatic rings. The third kappa shape index (κ3) is 23.4. The highest BCUT2D eigenvalue weighted by Gasteiger charge is 2.43. The van der Waals surface area contributed by atoms with Crippen LogP contribution in [0, 0.1) is 53.3 Å². The van der Waals surface area contributed by atoms with Crippen LogP contribution >= 0.6 is 0 Å². The minimum absolute atomic E-state index is 0.0255. The van der Waals surface area contributed by atoms with Crippen molar-refractivity contribution < 1.29 is 57.8 Å². The molecule has 76 heavy (non-hydrogen) atoms. The number of rotatable bonds is 37. The Hall–Kier alpha value is -4.84. The lowest BCUT2D eigenvalue weighted by Crippen LogP contribution is -2.54. The number of nitrogens with two attached hydrogens (primary N) is 1. The van der Waals surface area contributed by atoms with E-state index in [1.54, 1.807) is 41.7 Å². The van der Waals surface area contributed by atoms with E-state index in [2.05, 4.69) is 10.6 Å². The molecule has 0 radical (unpaired) electrons. The summed E-state index contributed by atoms with van der Waals surface area (Å²) >= 11 is 0. The Bertz CT molecular complexity index is 1950. The normalized spacial score (nSPS) is 16.2. The van der Waals surface area contributed by atoms with Gasteiger partial charge in [-0.2, -0.15) is 0 Å². The summed E-state index contributed by atoms with van der Waals surface area (Å²) in [7, 11) is 4.52. The third-order valence-electron chi connectivity index (χ3n) is 14.2. The van der Waals surface area contributed by atoms with Crippen LogP contribution in [0.4, 0.5) is 0 Å². The van der Waals surface area contributed by atoms with E-state index in [4.69, 9.17) is 10.5 Å². The maximum absolute atomic E-state index is 14.8. The number of aliphatic hydroxyl groups is 1. The SMILES string of the molecule is C/C=C/C[C@@H](C)[C@@H](OC(C)=O)[C@H](CC(=O)C(C(C)C)N(C)C(=O)[C@@H](CC(=O)[C@H](CC(C)C)N(C)C(=O)[C@@H](C)NC(=O)[C@H](C)CC(=O)[C@H](CC(C)C)N(C)C(=O)[C@@H](N)C(C)C)CC(C)C)C(=O)N[C@@H](CC)C(=O)CCCO. The maximum Gasteiger partial charge on any atom is 0.302 e. The number of ketones is 4. The highest BCUT2D eigenvalue weighted by molar-refractivity contribution is 5.98. The van der Waals surface area contributed by atoms with Crippen LogP contribution < -0.4 is 16.4 Å². The van der Waals surface area contributed by atoms with Crippen molar-refractivity contribution in [3.63, 3.8) is 0 Å². The van der Waals surface area contributed by atoms with Gasteiger partial charge in [0.05, 0.1) is 36.1 Å². The fourth-order valence-corrected chi connectivity index (χ4v) is 9.75. The molecule has 18 nitrogen and oxygen atoms in total. The van der Waals surface area contributed by atoms with Crippen molar-refractivity contribution >= 4 is 58.6 Å². The molecule has 0 heterocycles. The second-order valence-corrected chi connectivity index (χ2v) is 23.3. The zero-order valence-corrected chi connectivity index (χ0v) is 50.0. The molecule has 1 unspecified atom stereocenters. The number of allylic oxidation sites excluding steroid dienone is 2. The maximum atomic E-state index is 14.8. The number of nitrogens with one attached hydrogen (secondary N) is 2. The summed E-state index contributed by atoms with van der Waals surface area (Å²) < 4.78 is 5.80. The molecule has 0 fully saturated rings. The van der Waals surface area contributed by atoms with E-state index < -0.39 is 114 Å². The Labute approximate surface area is 456 Å². The molecule has 0 rings (SSSR count). The van der Waals surface area contributed by atoms with Crippen LogP contribution in [-0.4, -0.2) is 149 Å². The lowest BCUT2D eigenvalue weighted by Gasteiger charge is -2.36. The first kappa shape index (κ1) is 71.2. The van der Waals surface area contributed by atoms with E-state index in [-0.39, 0.29) is 98.5 Å². The standard InChI is InChI=1S/C58H102N6O12/c1-20-22-24-38(13)53(76-41(16)66)43(55(72)61-44(21-2)47(67)25-23-26-65)32-50(70)52(37(11)12)64(19)57(74)42(27-33(3)4)31-49(69)46(29-35(7)8)62(17)56(73)40(15)60-54(71)39(14)30-48(68)45(28-34(5)6)63(18)58(75)51(59)36(9)10/h20,22,33-40,42-46,51-53,65H,21,23-32,59H2,1-19H3,(H,60,71)(H,61,72)/b22-20+/t38-,39-,40-,42-,43+,44+,45+,46+,51+,52?,53-/m1/s1. The monoisotopic (exact) mass is 1070 g/mol. The molecular weight excluding hydrogens is 973 g/mol. The van der Waals surface area contributed by atoms with Crippen LogP contribution in [0.1, 0.15) is 175 Å². The quantitative estimate of drug-likeness (QED) is 0.0396. The van der Waals surface area contributed by atoms with Crippen LogP contribution in [0.3, 0.4) is 0 Å². The van der Waals surface area contributed by atoms with Gasteiger partial charge in [-0.15, -0.1) is 0 Å². The Morgan fingerprint density at radius 2 is 1.13 bits per heavy atom. The molecule has 0 aliphatic carbocycles. The number of aliphatic hydroxyl groups excluding tert-OH is 1. The second kappa shape index (κ2) is 34.8. The van der Waals surface area contributed by atoms with Crippen molar-refractivity contribution in [1.29, 1.82) is 0 Å². The van der Waals surface area contributed by atoms with Gasteiger partial charge in [-0.05, 0) is 87.9 Å². The predicted molar refractivity (Wildman–Crippen MR) is 296 cm³/mol. The van der Waals surface area contributed by atoms with Gasteiger partial charge in [0.15, 0.2) is 23.1 Å². The lowest BCUT2D eigenvalue weighted by atomic mass is 9.82. The minimum Gasteiger partial charge on any atom is -0.461 e. The van der Waals surface area contributed by atoms with Gasteiger partial charge in [0.25, 0.3) is 0 Å². The number of hydrogen-bond donors (Lipinski definition) is 4. The van der Waals surface area contributed by atoms with E-state index in [1.807, 2.05) is 74.5 Å². The minimum atomic E-state index is -1.25. The summed E-state index contributed by atoms with van der Waals surface area (Å²) in [5, 5.41) is 14.9. The zero-order valence-electron chi connectivity index (χ0n) is 50.0. The van der Waals surface area contributed by atoms with Gasteiger partial charge >= 0.3 is 5.97 Å². The number of carbonyl (C=O) groups is 10. The molecule has 0 aliphatic heterocycles. The van der Waals surface area contributed by atoms with Crippen LogP contribution in [0.2, 0.25) is 0 Å². The fourth-order valence-electron chi connectivity index (χ4n) is 9.75. The van der Waals surface area contributed by atoms with Crippen molar-refractivity contribution in [3.8, 4) is 0 Å². The molecule has 0 aromatic heterocycles. The average Bonchev–Trinajstić information content (AvgIpc) is 3.33. The zero-order chi connectivity index (χ0) is 59.1. The number of hydrogen-bond acceptors (Lipinski definition) is 13. The summed E-state index contributed by atoms with van der Waals surface area (Å²) in [5.41, 5.74) is 6.15. The van der Waals surface area contributed by atoms with Gasteiger partial charge < -0.3 is 40.9 Å². The Morgan fingerprint density at radius 1 is 0.618 bits per heavy atom. The van der Waals surface area contributed by atoms with Gasteiger partial charge in [0.2, 0.25) is 29.5 Å². The van der Waals surface area contributed by atoms with Gasteiger partial charge in [-0.1, -0.05) is 102 Å². The molecule has 0 bridgehead atoms. The smallest absolute Gasteiger partial charge is 0.302 e. The van der Waals surface area contributed by atoms with Crippen LogP contribution in [0.5, 0.6) is 0 Å². The lowest BCUT2D eigenvalue weighted by molar-refractivity contribution is -0.157. The number of nitrogens with zero attached hydrogens (tertiary/aromatic N) is 3. The summed E-state index contributed by atoms with van der Waals surface area (Å²) in [4.78, 5) is 143. The predicted octanol–water partition coefficient (Wildman–Crippen LogP) is 6.27. The van der Waals surface area contributed by atoms with E-state index in [0.717, 1.165) is 0 Å². The van der Waals surface area contributed by atoms with Crippen molar-refractivity contribution in [3.05, 3.63) is 12.2 Å². The molecular formula is C58H102N6O12. The molecule has 0 spiro atoms. The first-order valence-corrected chi connectivity index (χ1v) is 27.9. The van der Waals surface area contributed by atoms with Gasteiger partial charge in [-0.25, -0.2) is 0 Å². The van der Waals surface area contributed by atoms with Gasteiger partial charge in [-0.3, -0.25) is 47.9 Å². The van der Waals surface area contributed by atoms with Crippen molar-refractivity contribution in [2.24, 2.45) is 59.0 Å². The average molecular weight is 1080 g/mol. The van der Waals surface area contributed by atoms with Crippen molar-refractivity contribution in [2.75, 3.05) is 27.7 Å². The summed E-state index contributed by atoms with van der Waals surface area (Å²) in [6, 6.07) is -5.71. The first-order valence-electron chi connectivity index (χ1n) is 27.9. The molecule has 5 amide bonds. The molecule has 11 atom stereocenters. The Balaban J connectivity index is 6.85. The van der Waals surface area contributed by atoms with Crippen LogP contribution in [0.15, 0.2) is 12.2 Å².